The van der Waals surface area contributed by atoms with Gasteiger partial charge in [0.2, 0.25) is 0 Å². The third kappa shape index (κ3) is 1.98. The van der Waals surface area contributed by atoms with Crippen LogP contribution in [0.15, 0.2) is 18.2 Å². The number of rotatable bonds is 3. The molecule has 4 nitrogen and oxygen atoms in total. The van der Waals surface area contributed by atoms with Crippen molar-refractivity contribution in [1.29, 1.82) is 0 Å². The quantitative estimate of drug-likeness (QED) is 0.817. The molecule has 1 radical (unpaired) electrons. The molecule has 0 aliphatic rings. The Hall–Kier alpha value is -1.97. The summed E-state index contributed by atoms with van der Waals surface area (Å²) in [4.78, 5) is 4.40. The molecule has 1 aromatic heterocycles. The van der Waals surface area contributed by atoms with Crippen LogP contribution in [-0.4, -0.2) is 19.2 Å². The molecule has 1 aromatic carbocycles. The number of nitrogens with zero attached hydrogens (tertiary/aromatic N) is 1. The van der Waals surface area contributed by atoms with Gasteiger partial charge < -0.3 is 9.47 Å². The van der Waals surface area contributed by atoms with E-state index in [1.165, 1.54) is 0 Å². The average Bonchev–Trinajstić information content (AvgIpc) is 2.36. The SMILES string of the molecule is CCc1cc([O])c2cc(OC)c(OC)cc2n1. The summed E-state index contributed by atoms with van der Waals surface area (Å²) >= 11 is 0. The van der Waals surface area contributed by atoms with Crippen molar-refractivity contribution in [1.82, 2.24) is 4.98 Å². The molecule has 0 N–H and O–H groups in total. The molecular formula is C13H14NO3. The first-order valence-electron chi connectivity index (χ1n) is 5.42. The molecule has 0 aliphatic heterocycles. The third-order valence-corrected chi connectivity index (χ3v) is 2.69. The molecule has 0 amide bonds. The summed E-state index contributed by atoms with van der Waals surface area (Å²) in [5.74, 6) is 1.09. The minimum atomic E-state index is -0.0344. The molecule has 17 heavy (non-hydrogen) atoms. The molecule has 0 saturated heterocycles. The van der Waals surface area contributed by atoms with Crippen LogP contribution in [0.4, 0.5) is 0 Å². The Morgan fingerprint density at radius 2 is 1.76 bits per heavy atom. The summed E-state index contributed by atoms with van der Waals surface area (Å²) in [6.07, 6.45) is 0.736. The Kier molecular flexibility index (Phi) is 3.04. The number of aromatic nitrogens is 1. The van der Waals surface area contributed by atoms with Gasteiger partial charge in [0.25, 0.3) is 0 Å². The van der Waals surface area contributed by atoms with Gasteiger partial charge in [-0.3, -0.25) is 10.1 Å². The molecule has 0 atom stereocenters. The molecule has 1 heterocycles. The minimum absolute atomic E-state index is 0.0344. The van der Waals surface area contributed by atoms with Crippen LogP contribution < -0.4 is 9.47 Å². The van der Waals surface area contributed by atoms with Gasteiger partial charge in [0.15, 0.2) is 17.2 Å². The van der Waals surface area contributed by atoms with E-state index in [1.54, 1.807) is 32.4 Å². The van der Waals surface area contributed by atoms with Crippen LogP contribution in [0.3, 0.4) is 0 Å². The topological polar surface area (TPSA) is 51.2 Å². The fourth-order valence-electron chi connectivity index (χ4n) is 1.76. The predicted molar refractivity (Wildman–Crippen MR) is 64.4 cm³/mol. The van der Waals surface area contributed by atoms with E-state index in [0.29, 0.717) is 22.4 Å². The van der Waals surface area contributed by atoms with Gasteiger partial charge in [-0.15, -0.1) is 0 Å². The number of hydrogen-bond acceptors (Lipinski definition) is 3. The molecule has 0 bridgehead atoms. The maximum atomic E-state index is 11.9. The van der Waals surface area contributed by atoms with Gasteiger partial charge in [0.1, 0.15) is 0 Å². The van der Waals surface area contributed by atoms with Gasteiger partial charge in [-0.05, 0) is 12.5 Å². The molecule has 0 saturated carbocycles. The Balaban J connectivity index is 2.73. The molecule has 0 fully saturated rings. The summed E-state index contributed by atoms with van der Waals surface area (Å²) in [5.41, 5.74) is 1.43. The monoisotopic (exact) mass is 232 g/mol. The maximum absolute atomic E-state index is 11.9. The lowest BCUT2D eigenvalue weighted by molar-refractivity contribution is 0.352. The van der Waals surface area contributed by atoms with Gasteiger partial charge >= 0.3 is 0 Å². The first kappa shape index (κ1) is 11.5. The molecule has 89 valence electrons. The number of methoxy groups -OCH3 is 2. The Bertz CT molecular complexity index is 552. The third-order valence-electron chi connectivity index (χ3n) is 2.69. The highest BCUT2D eigenvalue weighted by molar-refractivity contribution is 5.88. The van der Waals surface area contributed by atoms with E-state index < -0.39 is 0 Å². The van der Waals surface area contributed by atoms with Crippen molar-refractivity contribution >= 4 is 10.9 Å². The van der Waals surface area contributed by atoms with Gasteiger partial charge in [-0.1, -0.05) is 6.92 Å². The smallest absolute Gasteiger partial charge is 0.189 e. The summed E-state index contributed by atoms with van der Waals surface area (Å²) in [7, 11) is 3.10. The summed E-state index contributed by atoms with van der Waals surface area (Å²) < 4.78 is 10.4. The first-order valence-corrected chi connectivity index (χ1v) is 5.42. The van der Waals surface area contributed by atoms with E-state index in [1.807, 2.05) is 6.92 Å². The van der Waals surface area contributed by atoms with Crippen LogP contribution in [-0.2, 0) is 11.5 Å². The zero-order chi connectivity index (χ0) is 12.4. The van der Waals surface area contributed by atoms with E-state index in [-0.39, 0.29) is 5.75 Å². The van der Waals surface area contributed by atoms with Gasteiger partial charge in [-0.25, -0.2) is 0 Å². The molecule has 2 aromatic rings. The van der Waals surface area contributed by atoms with E-state index in [4.69, 9.17) is 9.47 Å². The molecule has 0 aliphatic carbocycles. The second-order valence-electron chi connectivity index (χ2n) is 3.69. The minimum Gasteiger partial charge on any atom is -0.493 e. The highest BCUT2D eigenvalue weighted by Crippen LogP contribution is 2.35. The van der Waals surface area contributed by atoms with Crippen molar-refractivity contribution in [2.75, 3.05) is 14.2 Å². The molecular weight excluding hydrogens is 218 g/mol. The van der Waals surface area contributed by atoms with Crippen molar-refractivity contribution in [3.8, 4) is 17.2 Å². The standard InChI is InChI=1S/C13H14NO3/c1-4-8-5-11(15)9-6-12(16-2)13(17-3)7-10(9)14-8/h5-7H,4H2,1-3H3. The van der Waals surface area contributed by atoms with Crippen LogP contribution in [0.2, 0.25) is 0 Å². The van der Waals surface area contributed by atoms with E-state index in [2.05, 4.69) is 4.98 Å². The fourth-order valence-corrected chi connectivity index (χ4v) is 1.76. The molecule has 0 spiro atoms. The van der Waals surface area contributed by atoms with Crippen LogP contribution >= 0.6 is 0 Å². The second kappa shape index (κ2) is 4.49. The molecule has 2 rings (SSSR count). The Morgan fingerprint density at radius 1 is 1.12 bits per heavy atom. The number of fused-ring (bicyclic) bond motifs is 1. The Morgan fingerprint density at radius 3 is 2.35 bits per heavy atom. The van der Waals surface area contributed by atoms with E-state index in [9.17, 15) is 5.11 Å². The van der Waals surface area contributed by atoms with Crippen LogP contribution in [0.1, 0.15) is 12.6 Å². The second-order valence-corrected chi connectivity index (χ2v) is 3.69. The number of pyridine rings is 1. The lowest BCUT2D eigenvalue weighted by Crippen LogP contribution is -1.93. The van der Waals surface area contributed by atoms with Crippen molar-refractivity contribution in [2.24, 2.45) is 0 Å². The highest BCUT2D eigenvalue weighted by Gasteiger charge is 2.11. The highest BCUT2D eigenvalue weighted by atomic mass is 16.5. The number of benzene rings is 1. The number of ether oxygens (including phenoxy) is 2. The van der Waals surface area contributed by atoms with Gasteiger partial charge in [0, 0.05) is 17.8 Å². The Labute approximate surface area is 99.8 Å². The van der Waals surface area contributed by atoms with Crippen molar-refractivity contribution < 1.29 is 14.6 Å². The normalized spacial score (nSPS) is 10.5. The van der Waals surface area contributed by atoms with Crippen LogP contribution in [0.5, 0.6) is 17.2 Å². The zero-order valence-electron chi connectivity index (χ0n) is 10.1. The summed E-state index contributed by atoms with van der Waals surface area (Å²) in [5, 5.41) is 12.4. The van der Waals surface area contributed by atoms with Crippen LogP contribution in [0, 0.1) is 0 Å². The van der Waals surface area contributed by atoms with Crippen molar-refractivity contribution in [2.45, 2.75) is 13.3 Å². The van der Waals surface area contributed by atoms with Crippen LogP contribution in [0.25, 0.3) is 10.9 Å². The molecule has 4 heteroatoms. The van der Waals surface area contributed by atoms with E-state index in [0.717, 1.165) is 12.1 Å². The van der Waals surface area contributed by atoms with Gasteiger partial charge in [0.05, 0.1) is 25.1 Å². The lowest BCUT2D eigenvalue weighted by Gasteiger charge is -2.09. The number of aryl methyl sites for hydroxylation is 1. The van der Waals surface area contributed by atoms with Crippen molar-refractivity contribution in [3.63, 3.8) is 0 Å². The average molecular weight is 232 g/mol. The summed E-state index contributed by atoms with van der Waals surface area (Å²) in [6.45, 7) is 1.97. The lowest BCUT2D eigenvalue weighted by atomic mass is 10.1. The molecule has 0 unspecified atom stereocenters. The first-order chi connectivity index (χ1) is 8.19. The largest absolute Gasteiger partial charge is 0.493 e. The number of hydrogen-bond donors (Lipinski definition) is 0. The van der Waals surface area contributed by atoms with E-state index >= 15 is 0 Å². The maximum Gasteiger partial charge on any atom is 0.189 e. The predicted octanol–water partition coefficient (Wildman–Crippen LogP) is 2.96. The fraction of sp³-hybridized carbons (Fsp3) is 0.308. The van der Waals surface area contributed by atoms with Crippen molar-refractivity contribution in [3.05, 3.63) is 23.9 Å². The summed E-state index contributed by atoms with van der Waals surface area (Å²) in [6, 6.07) is 4.96. The van der Waals surface area contributed by atoms with Gasteiger partial charge in [-0.2, -0.15) is 0 Å². The zero-order valence-corrected chi connectivity index (χ0v) is 10.1.